The predicted octanol–water partition coefficient (Wildman–Crippen LogP) is 2.68. The minimum absolute atomic E-state index is 0.154. The van der Waals surface area contributed by atoms with Crippen molar-refractivity contribution >= 4 is 38.5 Å². The SMILES string of the molecule is O=c1[nH]cc(C(F)F)c(I)c1Br. The van der Waals surface area contributed by atoms with Crippen molar-refractivity contribution in [2.75, 3.05) is 0 Å². The summed E-state index contributed by atoms with van der Waals surface area (Å²) in [5.74, 6) is 0. The number of rotatable bonds is 1. The number of aromatic nitrogens is 1. The minimum Gasteiger partial charge on any atom is -0.328 e. The van der Waals surface area contributed by atoms with Gasteiger partial charge in [0, 0.05) is 15.3 Å². The Morgan fingerprint density at radius 1 is 1.58 bits per heavy atom. The molecule has 1 rings (SSSR count). The topological polar surface area (TPSA) is 32.9 Å². The quantitative estimate of drug-likeness (QED) is 0.777. The second-order valence-electron chi connectivity index (χ2n) is 2.00. The number of nitrogens with one attached hydrogen (secondary N) is 1. The molecular formula is C6H3BrF2INO. The van der Waals surface area contributed by atoms with Crippen LogP contribution < -0.4 is 5.56 Å². The molecule has 0 atom stereocenters. The van der Waals surface area contributed by atoms with Crippen LogP contribution in [0.5, 0.6) is 0 Å². The number of alkyl halides is 2. The summed E-state index contributed by atoms with van der Waals surface area (Å²) in [6, 6.07) is 0. The second-order valence-corrected chi connectivity index (χ2v) is 3.87. The van der Waals surface area contributed by atoms with Crippen molar-refractivity contribution < 1.29 is 8.78 Å². The molecule has 66 valence electrons. The Labute approximate surface area is 88.6 Å². The summed E-state index contributed by atoms with van der Waals surface area (Å²) in [4.78, 5) is 13.1. The Kier molecular flexibility index (Phi) is 3.22. The van der Waals surface area contributed by atoms with Crippen LogP contribution in [0.25, 0.3) is 0 Å². The van der Waals surface area contributed by atoms with Gasteiger partial charge in [0.05, 0.1) is 4.47 Å². The first-order chi connectivity index (χ1) is 5.54. The van der Waals surface area contributed by atoms with Gasteiger partial charge in [-0.25, -0.2) is 8.78 Å². The number of hydrogen-bond acceptors (Lipinski definition) is 1. The summed E-state index contributed by atoms with van der Waals surface area (Å²) in [6.45, 7) is 0. The molecule has 0 aliphatic heterocycles. The van der Waals surface area contributed by atoms with E-state index >= 15 is 0 Å². The molecule has 0 aliphatic carbocycles. The van der Waals surface area contributed by atoms with Gasteiger partial charge in [-0.2, -0.15) is 0 Å². The van der Waals surface area contributed by atoms with Crippen LogP contribution in [0.2, 0.25) is 0 Å². The van der Waals surface area contributed by atoms with Gasteiger partial charge in [0.25, 0.3) is 12.0 Å². The largest absolute Gasteiger partial charge is 0.328 e. The summed E-state index contributed by atoms with van der Waals surface area (Å²) >= 11 is 4.61. The lowest BCUT2D eigenvalue weighted by Crippen LogP contribution is -2.10. The highest BCUT2D eigenvalue weighted by Crippen LogP contribution is 2.26. The third kappa shape index (κ3) is 1.85. The number of hydrogen-bond donors (Lipinski definition) is 1. The highest BCUT2D eigenvalue weighted by Gasteiger charge is 2.15. The highest BCUT2D eigenvalue weighted by atomic mass is 127. The molecule has 2 nitrogen and oxygen atoms in total. The zero-order valence-corrected chi connectivity index (χ0v) is 9.32. The molecule has 0 amide bonds. The average Bonchev–Trinajstić information content (AvgIpc) is 2.00. The molecule has 0 spiro atoms. The van der Waals surface area contributed by atoms with E-state index in [0.717, 1.165) is 6.20 Å². The van der Waals surface area contributed by atoms with E-state index in [-0.39, 0.29) is 13.6 Å². The Morgan fingerprint density at radius 2 is 2.17 bits per heavy atom. The summed E-state index contributed by atoms with van der Waals surface area (Å²) < 4.78 is 24.8. The number of H-pyrrole nitrogens is 1. The molecular weight excluding hydrogens is 347 g/mol. The lowest BCUT2D eigenvalue weighted by molar-refractivity contribution is 0.150. The molecule has 0 aliphatic rings. The van der Waals surface area contributed by atoms with Crippen LogP contribution in [0.4, 0.5) is 8.78 Å². The molecule has 12 heavy (non-hydrogen) atoms. The molecule has 0 bridgehead atoms. The molecule has 0 saturated carbocycles. The Morgan fingerprint density at radius 3 is 2.67 bits per heavy atom. The summed E-state index contributed by atoms with van der Waals surface area (Å²) in [5, 5.41) is 0. The van der Waals surface area contributed by atoms with Crippen LogP contribution in [0, 0.1) is 3.57 Å². The molecule has 1 aromatic rings. The van der Waals surface area contributed by atoms with Gasteiger partial charge in [0.2, 0.25) is 0 Å². The summed E-state index contributed by atoms with van der Waals surface area (Å²) in [7, 11) is 0. The second kappa shape index (κ2) is 3.82. The van der Waals surface area contributed by atoms with E-state index < -0.39 is 12.0 Å². The smallest absolute Gasteiger partial charge is 0.266 e. The van der Waals surface area contributed by atoms with E-state index in [1.165, 1.54) is 0 Å². The van der Waals surface area contributed by atoms with Gasteiger partial charge < -0.3 is 4.98 Å². The van der Waals surface area contributed by atoms with Crippen LogP contribution in [-0.2, 0) is 0 Å². The van der Waals surface area contributed by atoms with E-state index in [1.54, 1.807) is 22.6 Å². The Hall–Kier alpha value is 0.0200. The van der Waals surface area contributed by atoms with Gasteiger partial charge >= 0.3 is 0 Å². The van der Waals surface area contributed by atoms with E-state index in [9.17, 15) is 13.6 Å². The molecule has 0 unspecified atom stereocenters. The predicted molar refractivity (Wildman–Crippen MR) is 52.4 cm³/mol. The normalized spacial score (nSPS) is 10.8. The Balaban J connectivity index is 3.36. The fourth-order valence-electron chi connectivity index (χ4n) is 0.655. The first kappa shape index (κ1) is 10.1. The fourth-order valence-corrected chi connectivity index (χ4v) is 1.63. The van der Waals surface area contributed by atoms with Gasteiger partial charge in [0.1, 0.15) is 0 Å². The summed E-state index contributed by atoms with van der Waals surface area (Å²) in [6.07, 6.45) is -1.54. The van der Waals surface area contributed by atoms with Gasteiger partial charge in [-0.3, -0.25) is 4.79 Å². The van der Waals surface area contributed by atoms with Crippen molar-refractivity contribution in [1.29, 1.82) is 0 Å². The molecule has 1 N–H and O–H groups in total. The zero-order valence-electron chi connectivity index (χ0n) is 5.57. The highest BCUT2D eigenvalue weighted by molar-refractivity contribution is 14.1. The first-order valence-electron chi connectivity index (χ1n) is 2.88. The van der Waals surface area contributed by atoms with Gasteiger partial charge in [-0.1, -0.05) is 0 Å². The monoisotopic (exact) mass is 349 g/mol. The van der Waals surface area contributed by atoms with Crippen molar-refractivity contribution in [3.63, 3.8) is 0 Å². The Bertz CT molecular complexity index is 352. The van der Waals surface area contributed by atoms with Crippen molar-refractivity contribution in [2.24, 2.45) is 0 Å². The number of halogens is 4. The fraction of sp³-hybridized carbons (Fsp3) is 0.167. The maximum atomic E-state index is 12.2. The average molecular weight is 350 g/mol. The van der Waals surface area contributed by atoms with Gasteiger partial charge in [0.15, 0.2) is 0 Å². The molecule has 1 heterocycles. The maximum absolute atomic E-state index is 12.2. The number of pyridine rings is 1. The maximum Gasteiger partial charge on any atom is 0.266 e. The van der Waals surface area contributed by atoms with E-state index in [4.69, 9.17) is 0 Å². The first-order valence-corrected chi connectivity index (χ1v) is 4.76. The minimum atomic E-state index is -2.56. The van der Waals surface area contributed by atoms with Crippen LogP contribution in [0.15, 0.2) is 15.5 Å². The third-order valence-electron chi connectivity index (χ3n) is 1.24. The van der Waals surface area contributed by atoms with Crippen molar-refractivity contribution in [3.8, 4) is 0 Å². The molecule has 6 heteroatoms. The van der Waals surface area contributed by atoms with E-state index in [2.05, 4.69) is 20.9 Å². The molecule has 0 fully saturated rings. The standard InChI is InChI=1S/C6H3BrF2INO/c7-3-4(10)2(5(8)9)1-11-6(3)12/h1,5H,(H,11,12). The lowest BCUT2D eigenvalue weighted by Gasteiger charge is -2.02. The summed E-state index contributed by atoms with van der Waals surface area (Å²) in [5.41, 5.74) is -0.564. The molecule has 0 radical (unpaired) electrons. The molecule has 1 aromatic heterocycles. The van der Waals surface area contributed by atoms with Crippen molar-refractivity contribution in [1.82, 2.24) is 4.98 Å². The third-order valence-corrected chi connectivity index (χ3v) is 3.90. The zero-order chi connectivity index (χ0) is 9.30. The molecule has 0 aromatic carbocycles. The van der Waals surface area contributed by atoms with Crippen molar-refractivity contribution in [3.05, 3.63) is 30.2 Å². The van der Waals surface area contributed by atoms with Gasteiger partial charge in [-0.15, -0.1) is 0 Å². The molecule has 0 saturated heterocycles. The van der Waals surface area contributed by atoms with E-state index in [0.29, 0.717) is 0 Å². The van der Waals surface area contributed by atoms with Gasteiger partial charge in [-0.05, 0) is 38.5 Å². The number of aromatic amines is 1. The van der Waals surface area contributed by atoms with E-state index in [1.807, 2.05) is 0 Å². The van der Waals surface area contributed by atoms with Crippen molar-refractivity contribution in [2.45, 2.75) is 6.43 Å². The van der Waals surface area contributed by atoms with Crippen LogP contribution in [0.3, 0.4) is 0 Å². The van der Waals surface area contributed by atoms with Crippen LogP contribution in [-0.4, -0.2) is 4.98 Å². The van der Waals surface area contributed by atoms with Crippen LogP contribution in [0.1, 0.15) is 12.0 Å². The van der Waals surface area contributed by atoms with Crippen LogP contribution >= 0.6 is 38.5 Å². The lowest BCUT2D eigenvalue weighted by atomic mass is 10.3.